The van der Waals surface area contributed by atoms with Gasteiger partial charge in [-0.1, -0.05) is 12.1 Å². The highest BCUT2D eigenvalue weighted by molar-refractivity contribution is 5.47. The largest absolute Gasteiger partial charge is 0.493 e. The molecule has 2 N–H and O–H groups in total. The van der Waals surface area contributed by atoms with Crippen molar-refractivity contribution in [3.63, 3.8) is 0 Å². The van der Waals surface area contributed by atoms with Crippen LogP contribution in [-0.4, -0.2) is 20.9 Å². The molecule has 1 atom stereocenters. The summed E-state index contributed by atoms with van der Waals surface area (Å²) in [6.07, 6.45) is 0. The number of ether oxygens (including phenoxy) is 2. The third-order valence-electron chi connectivity index (χ3n) is 2.00. The van der Waals surface area contributed by atoms with Crippen molar-refractivity contribution in [3.05, 3.63) is 23.8 Å². The van der Waals surface area contributed by atoms with Crippen LogP contribution in [0.4, 0.5) is 4.39 Å². The van der Waals surface area contributed by atoms with Gasteiger partial charge >= 0.3 is 0 Å². The summed E-state index contributed by atoms with van der Waals surface area (Å²) in [5, 5.41) is 0. The zero-order valence-electron chi connectivity index (χ0n) is 8.29. The Morgan fingerprint density at radius 2 is 2.07 bits per heavy atom. The SMILES string of the molecule is COc1cccc([C@H](N)CF)c1OC. The molecule has 0 fully saturated rings. The second kappa shape index (κ2) is 4.81. The molecule has 78 valence electrons. The molecule has 0 aromatic heterocycles. The molecule has 1 rings (SSSR count). The van der Waals surface area contributed by atoms with Crippen LogP contribution >= 0.6 is 0 Å². The van der Waals surface area contributed by atoms with E-state index in [4.69, 9.17) is 15.2 Å². The summed E-state index contributed by atoms with van der Waals surface area (Å²) < 4.78 is 22.6. The zero-order valence-corrected chi connectivity index (χ0v) is 8.29. The van der Waals surface area contributed by atoms with Gasteiger partial charge in [0.25, 0.3) is 0 Å². The van der Waals surface area contributed by atoms with Gasteiger partial charge < -0.3 is 15.2 Å². The van der Waals surface area contributed by atoms with Gasteiger partial charge in [0.1, 0.15) is 6.67 Å². The molecular weight excluding hydrogens is 185 g/mol. The van der Waals surface area contributed by atoms with Gasteiger partial charge in [0.2, 0.25) is 0 Å². The smallest absolute Gasteiger partial charge is 0.165 e. The van der Waals surface area contributed by atoms with Crippen LogP contribution in [0, 0.1) is 0 Å². The first-order valence-corrected chi connectivity index (χ1v) is 4.27. The molecule has 0 saturated carbocycles. The Balaban J connectivity index is 3.14. The highest BCUT2D eigenvalue weighted by Gasteiger charge is 2.15. The van der Waals surface area contributed by atoms with E-state index in [-0.39, 0.29) is 0 Å². The molecule has 0 unspecified atom stereocenters. The van der Waals surface area contributed by atoms with Crippen LogP contribution in [0.5, 0.6) is 11.5 Å². The average Bonchev–Trinajstić information content (AvgIpc) is 2.26. The number of hydrogen-bond acceptors (Lipinski definition) is 3. The normalized spacial score (nSPS) is 12.3. The molecule has 0 heterocycles. The molecule has 0 radical (unpaired) electrons. The van der Waals surface area contributed by atoms with Crippen molar-refractivity contribution < 1.29 is 13.9 Å². The lowest BCUT2D eigenvalue weighted by molar-refractivity contribution is 0.344. The van der Waals surface area contributed by atoms with E-state index in [1.54, 1.807) is 18.2 Å². The lowest BCUT2D eigenvalue weighted by atomic mass is 10.1. The quantitative estimate of drug-likeness (QED) is 0.802. The lowest BCUT2D eigenvalue weighted by Gasteiger charge is -2.15. The zero-order chi connectivity index (χ0) is 10.6. The summed E-state index contributed by atoms with van der Waals surface area (Å²) in [5.74, 6) is 1.06. The van der Waals surface area contributed by atoms with E-state index in [0.717, 1.165) is 0 Å². The number of para-hydroxylation sites is 1. The van der Waals surface area contributed by atoms with Gasteiger partial charge in [0.05, 0.1) is 20.3 Å². The third-order valence-corrected chi connectivity index (χ3v) is 2.00. The number of hydrogen-bond donors (Lipinski definition) is 1. The summed E-state index contributed by atoms with van der Waals surface area (Å²) in [5.41, 5.74) is 6.20. The van der Waals surface area contributed by atoms with Crippen LogP contribution in [0.25, 0.3) is 0 Å². The molecule has 3 nitrogen and oxygen atoms in total. The molecule has 0 amide bonds. The first kappa shape index (κ1) is 10.8. The summed E-state index contributed by atoms with van der Waals surface area (Å²) in [7, 11) is 3.04. The van der Waals surface area contributed by atoms with E-state index in [1.807, 2.05) is 0 Å². The molecule has 14 heavy (non-hydrogen) atoms. The van der Waals surface area contributed by atoms with Gasteiger partial charge in [-0.25, -0.2) is 4.39 Å². The topological polar surface area (TPSA) is 44.5 Å². The van der Waals surface area contributed by atoms with Crippen molar-refractivity contribution in [3.8, 4) is 11.5 Å². The minimum Gasteiger partial charge on any atom is -0.493 e. The summed E-state index contributed by atoms with van der Waals surface area (Å²) in [6.45, 7) is -0.622. The van der Waals surface area contributed by atoms with Crippen molar-refractivity contribution in [1.29, 1.82) is 0 Å². The maximum absolute atomic E-state index is 12.4. The number of rotatable bonds is 4. The van der Waals surface area contributed by atoms with Crippen LogP contribution in [0.15, 0.2) is 18.2 Å². The van der Waals surface area contributed by atoms with Crippen LogP contribution in [0.3, 0.4) is 0 Å². The molecule has 0 saturated heterocycles. The van der Waals surface area contributed by atoms with Crippen molar-refractivity contribution in [2.45, 2.75) is 6.04 Å². The predicted octanol–water partition coefficient (Wildman–Crippen LogP) is 1.67. The minimum absolute atomic E-state index is 0.500. The predicted molar refractivity (Wildman–Crippen MR) is 52.4 cm³/mol. The van der Waals surface area contributed by atoms with Crippen molar-refractivity contribution in [1.82, 2.24) is 0 Å². The molecule has 0 aliphatic rings. The standard InChI is InChI=1S/C10H14FNO2/c1-13-9-5-3-4-7(8(12)6-11)10(9)14-2/h3-5,8H,6,12H2,1-2H3/t8-/m1/s1. The Hall–Kier alpha value is -1.29. The first-order valence-electron chi connectivity index (χ1n) is 4.27. The van der Waals surface area contributed by atoms with Gasteiger partial charge in [-0.3, -0.25) is 0 Å². The molecule has 0 spiro atoms. The maximum Gasteiger partial charge on any atom is 0.165 e. The van der Waals surface area contributed by atoms with E-state index in [0.29, 0.717) is 17.1 Å². The van der Waals surface area contributed by atoms with Gasteiger partial charge in [-0.15, -0.1) is 0 Å². The summed E-state index contributed by atoms with van der Waals surface area (Å²) >= 11 is 0. The number of methoxy groups -OCH3 is 2. The Bertz CT molecular complexity index is 304. The second-order valence-electron chi connectivity index (χ2n) is 2.84. The van der Waals surface area contributed by atoms with Crippen LogP contribution in [0.1, 0.15) is 11.6 Å². The third kappa shape index (κ3) is 1.96. The Morgan fingerprint density at radius 3 is 2.57 bits per heavy atom. The fourth-order valence-electron chi connectivity index (χ4n) is 1.29. The molecule has 1 aromatic carbocycles. The fraction of sp³-hybridized carbons (Fsp3) is 0.400. The number of halogens is 1. The van der Waals surface area contributed by atoms with Crippen molar-refractivity contribution in [2.75, 3.05) is 20.9 Å². The van der Waals surface area contributed by atoms with Gasteiger partial charge in [-0.2, -0.15) is 0 Å². The van der Waals surface area contributed by atoms with Crippen LogP contribution in [0.2, 0.25) is 0 Å². The van der Waals surface area contributed by atoms with E-state index in [9.17, 15) is 4.39 Å². The van der Waals surface area contributed by atoms with E-state index >= 15 is 0 Å². The molecular formula is C10H14FNO2. The highest BCUT2D eigenvalue weighted by atomic mass is 19.1. The minimum atomic E-state index is -0.667. The molecule has 0 bridgehead atoms. The van der Waals surface area contributed by atoms with E-state index in [1.165, 1.54) is 14.2 Å². The molecule has 0 aliphatic carbocycles. The van der Waals surface area contributed by atoms with Gasteiger partial charge in [0.15, 0.2) is 11.5 Å². The van der Waals surface area contributed by atoms with E-state index < -0.39 is 12.7 Å². The van der Waals surface area contributed by atoms with E-state index in [2.05, 4.69) is 0 Å². The molecule has 1 aromatic rings. The molecule has 4 heteroatoms. The summed E-state index contributed by atoms with van der Waals surface area (Å²) in [4.78, 5) is 0. The highest BCUT2D eigenvalue weighted by Crippen LogP contribution is 2.33. The van der Waals surface area contributed by atoms with Gasteiger partial charge in [0, 0.05) is 5.56 Å². The first-order chi connectivity index (χ1) is 6.74. The van der Waals surface area contributed by atoms with Crippen LogP contribution < -0.4 is 15.2 Å². The average molecular weight is 199 g/mol. The molecule has 0 aliphatic heterocycles. The second-order valence-corrected chi connectivity index (χ2v) is 2.84. The number of alkyl halides is 1. The maximum atomic E-state index is 12.4. The van der Waals surface area contributed by atoms with Gasteiger partial charge in [-0.05, 0) is 6.07 Å². The number of benzene rings is 1. The monoisotopic (exact) mass is 199 g/mol. The fourth-order valence-corrected chi connectivity index (χ4v) is 1.29. The lowest BCUT2D eigenvalue weighted by Crippen LogP contribution is -2.13. The Morgan fingerprint density at radius 1 is 1.36 bits per heavy atom. The van der Waals surface area contributed by atoms with Crippen molar-refractivity contribution in [2.24, 2.45) is 5.73 Å². The Kier molecular flexibility index (Phi) is 3.71. The summed E-state index contributed by atoms with van der Waals surface area (Å²) in [6, 6.07) is 4.56. The number of nitrogens with two attached hydrogens (primary N) is 1. The van der Waals surface area contributed by atoms with Crippen molar-refractivity contribution >= 4 is 0 Å². The Labute approximate surface area is 82.6 Å². The van der Waals surface area contributed by atoms with Crippen LogP contribution in [-0.2, 0) is 0 Å².